The Kier molecular flexibility index (Phi) is 2.69. The molecule has 3 nitrogen and oxygen atoms in total. The van der Waals surface area contributed by atoms with Crippen molar-refractivity contribution in [3.8, 4) is 0 Å². The number of aliphatic hydroxyl groups is 1. The summed E-state index contributed by atoms with van der Waals surface area (Å²) in [7, 11) is 0. The van der Waals surface area contributed by atoms with Crippen molar-refractivity contribution >= 4 is 22.9 Å². The van der Waals surface area contributed by atoms with E-state index in [0.29, 0.717) is 6.42 Å². The molecule has 1 unspecified atom stereocenters. The maximum absolute atomic E-state index is 11.4. The molecule has 4 rings (SSSR count). The molecule has 2 heterocycles. The largest absolute Gasteiger partial charge is 0.383 e. The molecule has 1 aliphatic carbocycles. The molecule has 0 spiro atoms. The lowest BCUT2D eigenvalue weighted by Gasteiger charge is -2.10. The van der Waals surface area contributed by atoms with Gasteiger partial charge in [-0.1, -0.05) is 12.1 Å². The van der Waals surface area contributed by atoms with E-state index in [1.807, 2.05) is 18.2 Å². The number of aliphatic hydroxyl groups excluding tert-OH is 1. The highest BCUT2D eigenvalue weighted by molar-refractivity contribution is 7.12. The second-order valence-electron chi connectivity index (χ2n) is 5.49. The predicted molar refractivity (Wildman–Crippen MR) is 79.2 cm³/mol. The van der Waals surface area contributed by atoms with Crippen LogP contribution < -0.4 is 5.32 Å². The SMILES string of the molecule is O=C1Cc2cc(C(O)c3cc4c(s3)CCC4)ccc2N1. The van der Waals surface area contributed by atoms with E-state index in [0.717, 1.165) is 34.5 Å². The molecule has 2 aliphatic rings. The number of carbonyl (C=O) groups is 1. The lowest BCUT2D eigenvalue weighted by atomic mass is 10.0. The lowest BCUT2D eigenvalue weighted by Crippen LogP contribution is -2.03. The van der Waals surface area contributed by atoms with Crippen LogP contribution in [0.3, 0.4) is 0 Å². The van der Waals surface area contributed by atoms with Crippen LogP contribution >= 0.6 is 11.3 Å². The van der Waals surface area contributed by atoms with E-state index in [9.17, 15) is 9.90 Å². The Morgan fingerprint density at radius 2 is 2.10 bits per heavy atom. The molecule has 1 amide bonds. The Labute approximate surface area is 121 Å². The molecule has 2 N–H and O–H groups in total. The van der Waals surface area contributed by atoms with Gasteiger partial charge in [0.25, 0.3) is 0 Å². The van der Waals surface area contributed by atoms with Gasteiger partial charge in [-0.05, 0) is 48.1 Å². The molecule has 20 heavy (non-hydrogen) atoms. The van der Waals surface area contributed by atoms with Crippen molar-refractivity contribution in [1.29, 1.82) is 0 Å². The third kappa shape index (κ3) is 1.87. The van der Waals surface area contributed by atoms with Crippen LogP contribution in [-0.2, 0) is 24.1 Å². The number of hydrogen-bond acceptors (Lipinski definition) is 3. The first-order chi connectivity index (χ1) is 9.70. The van der Waals surface area contributed by atoms with Crippen molar-refractivity contribution < 1.29 is 9.90 Å². The van der Waals surface area contributed by atoms with E-state index in [4.69, 9.17) is 0 Å². The van der Waals surface area contributed by atoms with Gasteiger partial charge in [0.1, 0.15) is 6.10 Å². The molecule has 1 aromatic heterocycles. The summed E-state index contributed by atoms with van der Waals surface area (Å²) in [6, 6.07) is 7.89. The van der Waals surface area contributed by atoms with Crippen molar-refractivity contribution in [1.82, 2.24) is 0 Å². The molecule has 2 aromatic rings. The summed E-state index contributed by atoms with van der Waals surface area (Å²) >= 11 is 1.73. The maximum atomic E-state index is 11.4. The number of thiophene rings is 1. The van der Waals surface area contributed by atoms with Gasteiger partial charge in [-0.2, -0.15) is 0 Å². The molecule has 0 radical (unpaired) electrons. The van der Waals surface area contributed by atoms with E-state index < -0.39 is 6.10 Å². The molecule has 1 atom stereocenters. The fourth-order valence-electron chi connectivity index (χ4n) is 3.07. The number of nitrogens with one attached hydrogen (secondary N) is 1. The molecule has 1 aliphatic heterocycles. The van der Waals surface area contributed by atoms with Gasteiger partial charge in [0.2, 0.25) is 5.91 Å². The van der Waals surface area contributed by atoms with Gasteiger partial charge in [0.05, 0.1) is 6.42 Å². The van der Waals surface area contributed by atoms with Gasteiger partial charge in [0.15, 0.2) is 0 Å². The quantitative estimate of drug-likeness (QED) is 0.891. The maximum Gasteiger partial charge on any atom is 0.228 e. The molecule has 0 fully saturated rings. The number of carbonyl (C=O) groups excluding carboxylic acids is 1. The highest BCUT2D eigenvalue weighted by Gasteiger charge is 2.22. The Morgan fingerprint density at radius 1 is 1.20 bits per heavy atom. The fraction of sp³-hybridized carbons (Fsp3) is 0.312. The summed E-state index contributed by atoms with van der Waals surface area (Å²) < 4.78 is 0. The summed E-state index contributed by atoms with van der Waals surface area (Å²) in [5.74, 6) is 0.0294. The van der Waals surface area contributed by atoms with Crippen LogP contribution in [0.15, 0.2) is 24.3 Å². The van der Waals surface area contributed by atoms with Gasteiger partial charge in [0, 0.05) is 15.4 Å². The van der Waals surface area contributed by atoms with E-state index in [1.54, 1.807) is 11.3 Å². The summed E-state index contributed by atoms with van der Waals surface area (Å²) in [6.07, 6.45) is 3.36. The predicted octanol–water partition coefficient (Wildman–Crippen LogP) is 2.81. The number of anilines is 1. The van der Waals surface area contributed by atoms with Crippen LogP contribution in [0.4, 0.5) is 5.69 Å². The molecule has 0 saturated heterocycles. The summed E-state index contributed by atoms with van der Waals surface area (Å²) in [4.78, 5) is 13.8. The summed E-state index contributed by atoms with van der Waals surface area (Å²) in [5, 5.41) is 13.4. The average molecular weight is 285 g/mol. The van der Waals surface area contributed by atoms with E-state index in [2.05, 4.69) is 11.4 Å². The van der Waals surface area contributed by atoms with E-state index in [1.165, 1.54) is 16.9 Å². The van der Waals surface area contributed by atoms with Gasteiger partial charge >= 0.3 is 0 Å². The van der Waals surface area contributed by atoms with Crippen molar-refractivity contribution in [2.75, 3.05) is 5.32 Å². The number of rotatable bonds is 2. The van der Waals surface area contributed by atoms with Gasteiger partial charge in [-0.3, -0.25) is 4.79 Å². The normalized spacial score (nSPS) is 17.8. The smallest absolute Gasteiger partial charge is 0.228 e. The number of amides is 1. The van der Waals surface area contributed by atoms with Gasteiger partial charge in [-0.15, -0.1) is 11.3 Å². The molecule has 102 valence electrons. The van der Waals surface area contributed by atoms with Crippen LogP contribution in [0.1, 0.15) is 39.0 Å². The molecular weight excluding hydrogens is 270 g/mol. The van der Waals surface area contributed by atoms with Gasteiger partial charge in [-0.25, -0.2) is 0 Å². The molecule has 1 aromatic carbocycles. The second kappa shape index (κ2) is 4.43. The zero-order chi connectivity index (χ0) is 13.7. The minimum absolute atomic E-state index is 0.0294. The summed E-state index contributed by atoms with van der Waals surface area (Å²) in [5.41, 5.74) is 4.14. The standard InChI is InChI=1S/C16H15NO2S/c18-15-8-11-6-10(4-5-12(11)17-15)16(19)14-7-9-2-1-3-13(9)20-14/h4-7,16,19H,1-3,8H2,(H,17,18). The van der Waals surface area contributed by atoms with Crippen LogP contribution in [-0.4, -0.2) is 11.0 Å². The zero-order valence-electron chi connectivity index (χ0n) is 11.0. The Balaban J connectivity index is 1.66. The zero-order valence-corrected chi connectivity index (χ0v) is 11.8. The number of hydrogen-bond donors (Lipinski definition) is 2. The van der Waals surface area contributed by atoms with E-state index >= 15 is 0 Å². The average Bonchev–Trinajstić information content (AvgIpc) is 3.08. The Morgan fingerprint density at radius 3 is 2.95 bits per heavy atom. The molecule has 4 heteroatoms. The topological polar surface area (TPSA) is 49.3 Å². The van der Waals surface area contributed by atoms with Crippen molar-refractivity contribution in [2.45, 2.75) is 31.8 Å². The number of fused-ring (bicyclic) bond motifs is 2. The third-order valence-corrected chi connectivity index (χ3v) is 5.39. The molecule has 0 bridgehead atoms. The first kappa shape index (κ1) is 12.1. The second-order valence-corrected chi connectivity index (χ2v) is 6.66. The van der Waals surface area contributed by atoms with Crippen molar-refractivity contribution in [2.24, 2.45) is 0 Å². The highest BCUT2D eigenvalue weighted by Crippen LogP contribution is 2.37. The molecule has 0 saturated carbocycles. The minimum Gasteiger partial charge on any atom is -0.383 e. The van der Waals surface area contributed by atoms with Crippen molar-refractivity contribution in [3.63, 3.8) is 0 Å². The highest BCUT2D eigenvalue weighted by atomic mass is 32.1. The third-order valence-electron chi connectivity index (χ3n) is 4.11. The van der Waals surface area contributed by atoms with Crippen LogP contribution in [0.5, 0.6) is 0 Å². The van der Waals surface area contributed by atoms with Gasteiger partial charge < -0.3 is 10.4 Å². The lowest BCUT2D eigenvalue weighted by molar-refractivity contribution is -0.115. The molecular formula is C16H15NO2S. The van der Waals surface area contributed by atoms with Crippen LogP contribution in [0, 0.1) is 0 Å². The minimum atomic E-state index is -0.577. The number of aryl methyl sites for hydroxylation is 2. The summed E-state index contributed by atoms with van der Waals surface area (Å²) in [6.45, 7) is 0. The monoisotopic (exact) mass is 285 g/mol. The fourth-order valence-corrected chi connectivity index (χ4v) is 4.34. The van der Waals surface area contributed by atoms with Crippen molar-refractivity contribution in [3.05, 3.63) is 50.7 Å². The van der Waals surface area contributed by atoms with Crippen LogP contribution in [0.2, 0.25) is 0 Å². The number of benzene rings is 1. The Hall–Kier alpha value is -1.65. The first-order valence-electron chi connectivity index (χ1n) is 6.93. The Bertz CT molecular complexity index is 683. The first-order valence-corrected chi connectivity index (χ1v) is 7.74. The van der Waals surface area contributed by atoms with Crippen LogP contribution in [0.25, 0.3) is 0 Å². The van der Waals surface area contributed by atoms with E-state index in [-0.39, 0.29) is 5.91 Å².